The average Bonchev–Trinajstić information content (AvgIpc) is 3.13. The minimum absolute atomic E-state index is 0.277. The zero-order chi connectivity index (χ0) is 15.5. The molecule has 4 aromatic rings. The molecule has 0 aliphatic heterocycles. The number of nitrogens with zero attached hydrogens (tertiary/aromatic N) is 2. The van der Waals surface area contributed by atoms with Gasteiger partial charge in [0.15, 0.2) is 5.65 Å². The second kappa shape index (κ2) is 5.41. The van der Waals surface area contributed by atoms with Crippen molar-refractivity contribution in [3.05, 3.63) is 63.2 Å². The van der Waals surface area contributed by atoms with Crippen molar-refractivity contribution in [1.82, 2.24) is 24.9 Å². The number of fused-ring (bicyclic) bond motifs is 2. The van der Waals surface area contributed by atoms with Gasteiger partial charge >= 0.3 is 5.69 Å². The van der Waals surface area contributed by atoms with Gasteiger partial charge in [0, 0.05) is 17.1 Å². The summed E-state index contributed by atoms with van der Waals surface area (Å²) in [7, 11) is 0. The van der Waals surface area contributed by atoms with E-state index in [0.717, 1.165) is 10.9 Å². The summed E-state index contributed by atoms with van der Waals surface area (Å²) < 4.78 is 0. The van der Waals surface area contributed by atoms with Crippen LogP contribution in [0.15, 0.2) is 46.4 Å². The van der Waals surface area contributed by atoms with Crippen LogP contribution in [-0.2, 0) is 0 Å². The first-order valence-electron chi connectivity index (χ1n) is 6.31. The molecule has 4 N–H and O–H groups in total. The predicted octanol–water partition coefficient (Wildman–Crippen LogP) is 0.979. The predicted molar refractivity (Wildman–Crippen MR) is 80.3 cm³/mol. The Morgan fingerprint density at radius 2 is 1.91 bits per heavy atom. The van der Waals surface area contributed by atoms with Crippen LogP contribution in [0.3, 0.4) is 0 Å². The van der Waals surface area contributed by atoms with E-state index >= 15 is 0 Å². The molecule has 0 radical (unpaired) electrons. The molecule has 108 valence electrons. The highest BCUT2D eigenvalue weighted by Crippen LogP contribution is 2.15. The van der Waals surface area contributed by atoms with Crippen molar-refractivity contribution in [3.63, 3.8) is 0 Å². The van der Waals surface area contributed by atoms with Crippen molar-refractivity contribution in [3.8, 4) is 6.07 Å². The number of hydrogen-bond donors (Lipinski definition) is 4. The van der Waals surface area contributed by atoms with Gasteiger partial charge in [0.2, 0.25) is 0 Å². The summed E-state index contributed by atoms with van der Waals surface area (Å²) in [6.07, 6.45) is 3.07. The lowest BCUT2D eigenvalue weighted by molar-refractivity contribution is 1.07. The lowest BCUT2D eigenvalue weighted by atomic mass is 10.2. The second-order valence-electron chi connectivity index (χ2n) is 4.39. The number of H-pyrrole nitrogens is 4. The van der Waals surface area contributed by atoms with Crippen molar-refractivity contribution in [2.75, 3.05) is 0 Å². The molecule has 0 aliphatic carbocycles. The number of para-hydroxylation sites is 1. The topological polar surface area (TPSA) is 134 Å². The molecule has 1 aromatic carbocycles. The van der Waals surface area contributed by atoms with Crippen molar-refractivity contribution < 1.29 is 0 Å². The standard InChI is InChI=1S/C9H6N2.C5H4N4O2/c10-5-7-6-11-9-4-2-1-3-8(7)9;10-4-2-3(7-1-6-2)8-5(11)9-4/h1-4,6,11H;1H,(H3,6,7,8,9,10,11). The van der Waals surface area contributed by atoms with Gasteiger partial charge in [-0.15, -0.1) is 0 Å². The monoisotopic (exact) mass is 294 g/mol. The zero-order valence-electron chi connectivity index (χ0n) is 11.2. The molecular weight excluding hydrogens is 284 g/mol. The second-order valence-corrected chi connectivity index (χ2v) is 4.39. The van der Waals surface area contributed by atoms with E-state index in [9.17, 15) is 9.59 Å². The lowest BCUT2D eigenvalue weighted by Gasteiger charge is -1.85. The van der Waals surface area contributed by atoms with Gasteiger partial charge in [0.05, 0.1) is 11.9 Å². The fourth-order valence-electron chi connectivity index (χ4n) is 2.03. The summed E-state index contributed by atoms with van der Waals surface area (Å²) in [6, 6.07) is 9.88. The van der Waals surface area contributed by atoms with Crippen LogP contribution in [-0.4, -0.2) is 24.9 Å². The summed E-state index contributed by atoms with van der Waals surface area (Å²) in [6.45, 7) is 0. The minimum Gasteiger partial charge on any atom is -0.360 e. The van der Waals surface area contributed by atoms with E-state index < -0.39 is 11.2 Å². The summed E-state index contributed by atoms with van der Waals surface area (Å²) in [5.41, 5.74) is 1.28. The third kappa shape index (κ3) is 2.38. The molecule has 0 bridgehead atoms. The molecule has 4 rings (SSSR count). The molecule has 3 aromatic heterocycles. The number of nitrogens with one attached hydrogen (secondary N) is 4. The Kier molecular flexibility index (Phi) is 3.29. The van der Waals surface area contributed by atoms with Crippen LogP contribution in [0.5, 0.6) is 0 Å². The third-order valence-corrected chi connectivity index (χ3v) is 3.04. The first kappa shape index (κ1) is 13.4. The van der Waals surface area contributed by atoms with E-state index in [0.29, 0.717) is 5.56 Å². The Morgan fingerprint density at radius 3 is 2.73 bits per heavy atom. The van der Waals surface area contributed by atoms with Crippen molar-refractivity contribution in [2.45, 2.75) is 0 Å². The van der Waals surface area contributed by atoms with Gasteiger partial charge in [0.25, 0.3) is 5.56 Å². The Labute approximate surface area is 122 Å². The molecule has 8 heteroatoms. The van der Waals surface area contributed by atoms with Crippen molar-refractivity contribution in [2.24, 2.45) is 0 Å². The molecule has 0 saturated heterocycles. The van der Waals surface area contributed by atoms with Crippen LogP contribution in [0.1, 0.15) is 5.56 Å². The normalized spacial score (nSPS) is 10.1. The summed E-state index contributed by atoms with van der Waals surface area (Å²) >= 11 is 0. The van der Waals surface area contributed by atoms with Gasteiger partial charge in [-0.25, -0.2) is 9.78 Å². The van der Waals surface area contributed by atoms with E-state index in [1.807, 2.05) is 24.3 Å². The molecule has 0 unspecified atom stereocenters. The first-order valence-corrected chi connectivity index (χ1v) is 6.31. The van der Waals surface area contributed by atoms with Gasteiger partial charge < -0.3 is 9.97 Å². The molecule has 8 nitrogen and oxygen atoms in total. The first-order chi connectivity index (χ1) is 10.7. The smallest absolute Gasteiger partial charge is 0.327 e. The molecular formula is C14H10N6O2. The summed E-state index contributed by atoms with van der Waals surface area (Å²) in [4.78, 5) is 35.3. The lowest BCUT2D eigenvalue weighted by Crippen LogP contribution is -2.21. The minimum atomic E-state index is -0.547. The van der Waals surface area contributed by atoms with E-state index in [4.69, 9.17) is 5.26 Å². The molecule has 0 fully saturated rings. The fourth-order valence-corrected chi connectivity index (χ4v) is 2.03. The molecule has 3 heterocycles. The maximum absolute atomic E-state index is 10.9. The number of rotatable bonds is 0. The van der Waals surface area contributed by atoms with Crippen LogP contribution < -0.4 is 11.2 Å². The third-order valence-electron chi connectivity index (χ3n) is 3.04. The number of aromatic amines is 4. The van der Waals surface area contributed by atoms with Gasteiger partial charge in [-0.3, -0.25) is 14.8 Å². The maximum atomic E-state index is 10.9. The molecule has 0 saturated carbocycles. The largest absolute Gasteiger partial charge is 0.360 e. The van der Waals surface area contributed by atoms with E-state index in [-0.39, 0.29) is 11.2 Å². The Balaban J connectivity index is 0.000000131. The Morgan fingerprint density at radius 1 is 1.09 bits per heavy atom. The van der Waals surface area contributed by atoms with Gasteiger partial charge in [-0.2, -0.15) is 5.26 Å². The van der Waals surface area contributed by atoms with Crippen LogP contribution in [0.4, 0.5) is 0 Å². The van der Waals surface area contributed by atoms with Crippen LogP contribution in [0.2, 0.25) is 0 Å². The number of hydrogen-bond acceptors (Lipinski definition) is 4. The van der Waals surface area contributed by atoms with Crippen LogP contribution in [0, 0.1) is 11.3 Å². The van der Waals surface area contributed by atoms with Gasteiger partial charge in [0.1, 0.15) is 11.6 Å². The highest BCUT2D eigenvalue weighted by atomic mass is 16.2. The highest BCUT2D eigenvalue weighted by molar-refractivity contribution is 5.85. The number of nitriles is 1. The molecule has 0 aliphatic rings. The number of imidazole rings is 1. The summed E-state index contributed by atoms with van der Waals surface area (Å²) in [5, 5.41) is 9.65. The molecule has 0 spiro atoms. The van der Waals surface area contributed by atoms with Crippen LogP contribution >= 0.6 is 0 Å². The van der Waals surface area contributed by atoms with Crippen LogP contribution in [0.25, 0.3) is 22.1 Å². The fraction of sp³-hybridized carbons (Fsp3) is 0. The van der Waals surface area contributed by atoms with Gasteiger partial charge in [-0.05, 0) is 6.07 Å². The van der Waals surface area contributed by atoms with Crippen molar-refractivity contribution in [1.29, 1.82) is 5.26 Å². The quantitative estimate of drug-likeness (QED) is 0.384. The van der Waals surface area contributed by atoms with E-state index in [1.165, 1.54) is 6.33 Å². The van der Waals surface area contributed by atoms with Gasteiger partial charge in [-0.1, -0.05) is 18.2 Å². The molecule has 0 atom stereocenters. The summed E-state index contributed by atoms with van der Waals surface area (Å²) in [5.74, 6) is 0. The Hall–Kier alpha value is -3.60. The maximum Gasteiger partial charge on any atom is 0.327 e. The van der Waals surface area contributed by atoms with E-state index in [2.05, 4.69) is 31.0 Å². The Bertz CT molecular complexity index is 1090. The average molecular weight is 294 g/mol. The SMILES string of the molecule is N#Cc1c[nH]c2ccccc12.O=c1[nH]c(=O)c2[nH]cnc2[nH]1. The van der Waals surface area contributed by atoms with E-state index in [1.54, 1.807) is 6.20 Å². The number of benzene rings is 1. The molecule has 22 heavy (non-hydrogen) atoms. The number of aromatic nitrogens is 5. The highest BCUT2D eigenvalue weighted by Gasteiger charge is 2.00. The van der Waals surface area contributed by atoms with Crippen molar-refractivity contribution >= 4 is 22.1 Å². The zero-order valence-corrected chi connectivity index (χ0v) is 11.2. The molecule has 0 amide bonds.